The Balaban J connectivity index is 3.08. The number of ether oxygens (including phenoxy) is 1. The third-order valence-corrected chi connectivity index (χ3v) is 2.07. The monoisotopic (exact) mass is 271 g/mol. The quantitative estimate of drug-likeness (QED) is 0.508. The number of aliphatic carboxylic acids is 1. The molecule has 0 aromatic carbocycles. The summed E-state index contributed by atoms with van der Waals surface area (Å²) in [6.07, 6.45) is 0.0441. The fourth-order valence-electron chi connectivity index (χ4n) is 1.53. The summed E-state index contributed by atoms with van der Waals surface area (Å²) in [5, 5.41) is 22.7. The maximum Gasteiger partial charge on any atom is 0.357 e. The van der Waals surface area contributed by atoms with Crippen LogP contribution in [0.3, 0.4) is 0 Å². The first-order valence-electron chi connectivity index (χ1n) is 5.56. The van der Waals surface area contributed by atoms with E-state index in [9.17, 15) is 14.7 Å². The predicted molar refractivity (Wildman–Crippen MR) is 62.9 cm³/mol. The molecule has 0 aliphatic heterocycles. The second kappa shape index (κ2) is 5.31. The minimum absolute atomic E-state index is 0.156. The number of rotatable bonds is 6. The Bertz CT molecular complexity index is 467. The molecule has 106 valence electrons. The van der Waals surface area contributed by atoms with Crippen molar-refractivity contribution in [1.82, 2.24) is 25.5 Å². The molecule has 0 spiro atoms. The number of nitrogens with zero attached hydrogens (tertiary/aromatic N) is 4. The molecule has 0 aliphatic carbocycles. The van der Waals surface area contributed by atoms with Crippen LogP contribution in [-0.4, -0.2) is 49.0 Å². The summed E-state index contributed by atoms with van der Waals surface area (Å²) in [4.78, 5) is 23.4. The van der Waals surface area contributed by atoms with E-state index < -0.39 is 17.3 Å². The summed E-state index contributed by atoms with van der Waals surface area (Å²) < 4.78 is 5.48. The predicted octanol–water partition coefficient (Wildman–Crippen LogP) is -0.905. The van der Waals surface area contributed by atoms with E-state index in [4.69, 9.17) is 4.74 Å². The standard InChI is InChI=1S/C10H17N5O4/c1-9(2,3)19-10(8(17)18,11-6-16)5-7-12-14-15(4)13-7/h6H,5H2,1-4H3,(H,11,16)(H,17,18). The molecule has 0 aliphatic rings. The molecule has 1 heterocycles. The third-order valence-electron chi connectivity index (χ3n) is 2.07. The van der Waals surface area contributed by atoms with Gasteiger partial charge in [-0.15, -0.1) is 10.2 Å². The van der Waals surface area contributed by atoms with Gasteiger partial charge in [0, 0.05) is 0 Å². The van der Waals surface area contributed by atoms with Crippen molar-refractivity contribution in [3.63, 3.8) is 0 Å². The van der Waals surface area contributed by atoms with E-state index >= 15 is 0 Å². The van der Waals surface area contributed by atoms with Gasteiger partial charge in [-0.2, -0.15) is 4.80 Å². The number of aromatic nitrogens is 4. The van der Waals surface area contributed by atoms with Gasteiger partial charge < -0.3 is 15.2 Å². The summed E-state index contributed by atoms with van der Waals surface area (Å²) in [5.41, 5.74) is -2.71. The van der Waals surface area contributed by atoms with Gasteiger partial charge in [-0.25, -0.2) is 4.79 Å². The fraction of sp³-hybridized carbons (Fsp3) is 0.700. The van der Waals surface area contributed by atoms with Crippen molar-refractivity contribution in [3.05, 3.63) is 5.82 Å². The smallest absolute Gasteiger partial charge is 0.357 e. The Labute approximate surface area is 109 Å². The van der Waals surface area contributed by atoms with Gasteiger partial charge in [0.05, 0.1) is 19.1 Å². The average molecular weight is 271 g/mol. The summed E-state index contributed by atoms with van der Waals surface area (Å²) in [6, 6.07) is 0. The van der Waals surface area contributed by atoms with Crippen LogP contribution in [0.5, 0.6) is 0 Å². The molecule has 19 heavy (non-hydrogen) atoms. The fourth-order valence-corrected chi connectivity index (χ4v) is 1.53. The van der Waals surface area contributed by atoms with Crippen LogP contribution >= 0.6 is 0 Å². The number of carbonyl (C=O) groups is 2. The van der Waals surface area contributed by atoms with Gasteiger partial charge in [0.2, 0.25) is 12.1 Å². The molecule has 1 unspecified atom stereocenters. The van der Waals surface area contributed by atoms with E-state index in [2.05, 4.69) is 20.7 Å². The molecule has 1 rings (SSSR count). The molecular formula is C10H17N5O4. The van der Waals surface area contributed by atoms with Crippen LogP contribution in [-0.2, 0) is 27.8 Å². The van der Waals surface area contributed by atoms with Crippen molar-refractivity contribution in [2.24, 2.45) is 7.05 Å². The lowest BCUT2D eigenvalue weighted by Crippen LogP contribution is -2.58. The Morgan fingerprint density at radius 2 is 2.16 bits per heavy atom. The summed E-state index contributed by atoms with van der Waals surface area (Å²) >= 11 is 0. The van der Waals surface area contributed by atoms with E-state index in [0.717, 1.165) is 0 Å². The lowest BCUT2D eigenvalue weighted by atomic mass is 10.1. The molecule has 0 radical (unpaired) electrons. The molecule has 1 aromatic heterocycles. The van der Waals surface area contributed by atoms with Gasteiger partial charge in [-0.1, -0.05) is 0 Å². The summed E-state index contributed by atoms with van der Waals surface area (Å²) in [6.45, 7) is 5.05. The first kappa shape index (κ1) is 15.0. The zero-order valence-corrected chi connectivity index (χ0v) is 11.2. The van der Waals surface area contributed by atoms with Crippen LogP contribution in [0, 0.1) is 0 Å². The molecule has 9 nitrogen and oxygen atoms in total. The van der Waals surface area contributed by atoms with E-state index in [1.165, 1.54) is 4.80 Å². The van der Waals surface area contributed by atoms with Crippen LogP contribution in [0.25, 0.3) is 0 Å². The highest BCUT2D eigenvalue weighted by molar-refractivity contribution is 5.80. The molecule has 1 atom stereocenters. The molecule has 0 saturated heterocycles. The molecule has 0 saturated carbocycles. The number of hydrogen-bond acceptors (Lipinski definition) is 6. The minimum Gasteiger partial charge on any atom is -0.478 e. The molecule has 2 N–H and O–H groups in total. The number of tetrazole rings is 1. The molecule has 9 heteroatoms. The maximum absolute atomic E-state index is 11.5. The van der Waals surface area contributed by atoms with Crippen molar-refractivity contribution in [1.29, 1.82) is 0 Å². The Morgan fingerprint density at radius 1 is 1.53 bits per heavy atom. The lowest BCUT2D eigenvalue weighted by Gasteiger charge is -2.34. The van der Waals surface area contributed by atoms with Crippen LogP contribution in [0.2, 0.25) is 0 Å². The van der Waals surface area contributed by atoms with E-state index in [1.54, 1.807) is 27.8 Å². The van der Waals surface area contributed by atoms with E-state index in [1.807, 2.05) is 0 Å². The molecule has 1 aromatic rings. The first-order valence-corrected chi connectivity index (χ1v) is 5.56. The highest BCUT2D eigenvalue weighted by Gasteiger charge is 2.44. The SMILES string of the molecule is Cn1nnc(CC(NC=O)(OC(C)(C)C)C(=O)O)n1. The Morgan fingerprint density at radius 3 is 2.53 bits per heavy atom. The zero-order chi connectivity index (χ0) is 14.7. The number of amides is 1. The van der Waals surface area contributed by atoms with Crippen molar-refractivity contribution in [2.45, 2.75) is 38.5 Å². The van der Waals surface area contributed by atoms with Gasteiger partial charge in [0.25, 0.3) is 0 Å². The van der Waals surface area contributed by atoms with Gasteiger partial charge in [-0.05, 0) is 26.0 Å². The van der Waals surface area contributed by atoms with Crippen LogP contribution in [0.4, 0.5) is 0 Å². The van der Waals surface area contributed by atoms with Crippen LogP contribution < -0.4 is 5.32 Å². The number of carboxylic acids is 1. The highest BCUT2D eigenvalue weighted by atomic mass is 16.6. The maximum atomic E-state index is 11.5. The normalized spacial score (nSPS) is 14.7. The number of carboxylic acid groups (broad SMARTS) is 1. The molecular weight excluding hydrogens is 254 g/mol. The number of aryl methyl sites for hydroxylation is 1. The highest BCUT2D eigenvalue weighted by Crippen LogP contribution is 2.21. The van der Waals surface area contributed by atoms with Gasteiger partial charge in [0.1, 0.15) is 0 Å². The van der Waals surface area contributed by atoms with Crippen LogP contribution in [0.15, 0.2) is 0 Å². The van der Waals surface area contributed by atoms with Crippen molar-refractivity contribution in [2.75, 3.05) is 0 Å². The van der Waals surface area contributed by atoms with Crippen molar-refractivity contribution >= 4 is 12.4 Å². The minimum atomic E-state index is -1.93. The molecule has 1 amide bonds. The summed E-state index contributed by atoms with van der Waals surface area (Å²) in [5.74, 6) is -1.18. The molecule has 0 fully saturated rings. The van der Waals surface area contributed by atoms with Gasteiger partial charge in [0.15, 0.2) is 5.82 Å². The second-order valence-corrected chi connectivity index (χ2v) is 4.98. The van der Waals surface area contributed by atoms with E-state index in [-0.39, 0.29) is 18.7 Å². The van der Waals surface area contributed by atoms with Gasteiger partial charge >= 0.3 is 5.97 Å². The average Bonchev–Trinajstić information content (AvgIpc) is 2.61. The van der Waals surface area contributed by atoms with E-state index in [0.29, 0.717) is 0 Å². The second-order valence-electron chi connectivity index (χ2n) is 4.98. The number of hydrogen-bond donors (Lipinski definition) is 2. The lowest BCUT2D eigenvalue weighted by molar-refractivity contribution is -0.192. The van der Waals surface area contributed by atoms with Crippen LogP contribution in [0.1, 0.15) is 26.6 Å². The largest absolute Gasteiger partial charge is 0.478 e. The number of carbonyl (C=O) groups excluding carboxylic acids is 1. The number of nitrogens with one attached hydrogen (secondary N) is 1. The zero-order valence-electron chi connectivity index (χ0n) is 11.2. The third kappa shape index (κ3) is 3.98. The Hall–Kier alpha value is -2.03. The topological polar surface area (TPSA) is 119 Å². The van der Waals surface area contributed by atoms with Crippen molar-refractivity contribution in [3.8, 4) is 0 Å². The first-order chi connectivity index (χ1) is 8.68. The molecule has 0 bridgehead atoms. The van der Waals surface area contributed by atoms with Crippen molar-refractivity contribution < 1.29 is 19.4 Å². The Kier molecular flexibility index (Phi) is 4.20. The van der Waals surface area contributed by atoms with Gasteiger partial charge in [-0.3, -0.25) is 4.79 Å². The summed E-state index contributed by atoms with van der Waals surface area (Å²) in [7, 11) is 1.55.